The van der Waals surface area contributed by atoms with Crippen molar-refractivity contribution < 1.29 is 21.6 Å². The average Bonchev–Trinajstić information content (AvgIpc) is 2.40. The quantitative estimate of drug-likeness (QED) is 0.882. The molecule has 0 heterocycles. The molecule has 1 aromatic rings. The lowest BCUT2D eigenvalue weighted by atomic mass is 9.88. The maximum absolute atomic E-state index is 12.8. The fourth-order valence-electron chi connectivity index (χ4n) is 2.55. The molecule has 22 heavy (non-hydrogen) atoms. The van der Waals surface area contributed by atoms with Crippen LogP contribution in [0.5, 0.6) is 0 Å². The lowest BCUT2D eigenvalue weighted by Gasteiger charge is -2.26. The van der Waals surface area contributed by atoms with Crippen molar-refractivity contribution in [3.05, 3.63) is 28.8 Å². The van der Waals surface area contributed by atoms with Gasteiger partial charge in [0.2, 0.25) is 10.0 Å². The van der Waals surface area contributed by atoms with E-state index < -0.39 is 31.7 Å². The predicted molar refractivity (Wildman–Crippen MR) is 78.2 cm³/mol. The van der Waals surface area contributed by atoms with E-state index in [-0.39, 0.29) is 6.04 Å². The van der Waals surface area contributed by atoms with Crippen LogP contribution in [0.15, 0.2) is 23.1 Å². The summed E-state index contributed by atoms with van der Waals surface area (Å²) in [5.41, 5.74) is -1.14. The van der Waals surface area contributed by atoms with Crippen LogP contribution < -0.4 is 4.72 Å². The van der Waals surface area contributed by atoms with Gasteiger partial charge in [-0.05, 0) is 49.8 Å². The fourth-order valence-corrected chi connectivity index (χ4v) is 4.11. The number of alkyl halides is 3. The molecule has 3 nitrogen and oxygen atoms in total. The van der Waals surface area contributed by atoms with Crippen LogP contribution in [0.1, 0.15) is 38.2 Å². The molecule has 0 aromatic heterocycles. The van der Waals surface area contributed by atoms with Crippen LogP contribution in [-0.4, -0.2) is 14.5 Å². The van der Waals surface area contributed by atoms with Gasteiger partial charge in [-0.1, -0.05) is 18.5 Å². The maximum atomic E-state index is 12.8. The standard InChI is InChI=1S/C14H17ClF3NO2S/c1-9-2-4-10(5-3-9)19-22(20,21)11-6-7-13(15)12(8-11)14(16,17)18/h6-10,19H,2-5H2,1H3. The number of halogens is 4. The van der Waals surface area contributed by atoms with Crippen molar-refractivity contribution in [2.24, 2.45) is 5.92 Å². The van der Waals surface area contributed by atoms with Gasteiger partial charge in [0.1, 0.15) is 0 Å². The molecule has 0 atom stereocenters. The SMILES string of the molecule is CC1CCC(NS(=O)(=O)c2ccc(Cl)c(C(F)(F)F)c2)CC1. The van der Waals surface area contributed by atoms with Gasteiger partial charge in [-0.3, -0.25) is 0 Å². The third kappa shape index (κ3) is 4.14. The number of hydrogen-bond donors (Lipinski definition) is 1. The molecular formula is C14H17ClF3NO2S. The van der Waals surface area contributed by atoms with E-state index in [4.69, 9.17) is 11.6 Å². The minimum atomic E-state index is -4.69. The molecule has 0 aliphatic heterocycles. The second-order valence-electron chi connectivity index (χ2n) is 5.72. The zero-order valence-electron chi connectivity index (χ0n) is 12.0. The third-order valence-corrected chi connectivity index (χ3v) is 5.74. The third-order valence-electron chi connectivity index (χ3n) is 3.89. The summed E-state index contributed by atoms with van der Waals surface area (Å²) in [6, 6.07) is 2.40. The van der Waals surface area contributed by atoms with Crippen LogP contribution in [0.3, 0.4) is 0 Å². The second kappa shape index (κ2) is 6.37. The van der Waals surface area contributed by atoms with Crippen LogP contribution in [0.2, 0.25) is 5.02 Å². The van der Waals surface area contributed by atoms with Gasteiger partial charge in [-0.15, -0.1) is 0 Å². The van der Waals surface area contributed by atoms with Crippen molar-refractivity contribution >= 4 is 21.6 Å². The Balaban J connectivity index is 2.23. The Morgan fingerprint density at radius 3 is 2.32 bits per heavy atom. The molecular weight excluding hydrogens is 339 g/mol. The summed E-state index contributed by atoms with van der Waals surface area (Å²) in [6.07, 6.45) is -1.49. The Morgan fingerprint density at radius 1 is 1.18 bits per heavy atom. The summed E-state index contributed by atoms with van der Waals surface area (Å²) in [6.45, 7) is 2.10. The molecule has 0 radical (unpaired) electrons. The van der Waals surface area contributed by atoms with E-state index in [0.29, 0.717) is 24.8 Å². The molecule has 0 spiro atoms. The van der Waals surface area contributed by atoms with Gasteiger partial charge < -0.3 is 0 Å². The monoisotopic (exact) mass is 355 g/mol. The van der Waals surface area contributed by atoms with Crippen molar-refractivity contribution in [2.75, 3.05) is 0 Å². The van der Waals surface area contributed by atoms with Gasteiger partial charge in [-0.25, -0.2) is 13.1 Å². The summed E-state index contributed by atoms with van der Waals surface area (Å²) in [7, 11) is -3.99. The Kier molecular flexibility index (Phi) is 5.09. The first-order valence-corrected chi connectivity index (χ1v) is 8.85. The molecule has 1 aromatic carbocycles. The molecule has 1 fully saturated rings. The van der Waals surface area contributed by atoms with Gasteiger partial charge >= 0.3 is 6.18 Å². The second-order valence-corrected chi connectivity index (χ2v) is 7.84. The minimum absolute atomic E-state index is 0.230. The Morgan fingerprint density at radius 2 is 1.77 bits per heavy atom. The first-order chi connectivity index (χ1) is 10.1. The lowest BCUT2D eigenvalue weighted by Crippen LogP contribution is -2.37. The lowest BCUT2D eigenvalue weighted by molar-refractivity contribution is -0.137. The van der Waals surface area contributed by atoms with Crippen LogP contribution in [0.25, 0.3) is 0 Å². The van der Waals surface area contributed by atoms with Crippen molar-refractivity contribution in [2.45, 2.75) is 49.7 Å². The molecule has 1 aliphatic rings. The highest BCUT2D eigenvalue weighted by atomic mass is 35.5. The van der Waals surface area contributed by atoms with Crippen molar-refractivity contribution in [3.8, 4) is 0 Å². The van der Waals surface area contributed by atoms with Crippen molar-refractivity contribution in [1.29, 1.82) is 0 Å². The molecule has 124 valence electrons. The summed E-state index contributed by atoms with van der Waals surface area (Å²) in [5.74, 6) is 0.549. The molecule has 0 unspecified atom stereocenters. The molecule has 2 rings (SSSR count). The number of benzene rings is 1. The van der Waals surface area contributed by atoms with Crippen LogP contribution >= 0.6 is 11.6 Å². The van der Waals surface area contributed by atoms with Crippen LogP contribution in [0, 0.1) is 5.92 Å². The fraction of sp³-hybridized carbons (Fsp3) is 0.571. The van der Waals surface area contributed by atoms with E-state index in [1.807, 2.05) is 0 Å². The first-order valence-electron chi connectivity index (χ1n) is 6.98. The molecule has 8 heteroatoms. The molecule has 0 amide bonds. The molecule has 1 N–H and O–H groups in total. The molecule has 0 bridgehead atoms. The van der Waals surface area contributed by atoms with E-state index in [9.17, 15) is 21.6 Å². The van der Waals surface area contributed by atoms with E-state index in [2.05, 4.69) is 11.6 Å². The van der Waals surface area contributed by atoms with E-state index in [0.717, 1.165) is 25.0 Å². The van der Waals surface area contributed by atoms with Gasteiger partial charge in [0.25, 0.3) is 0 Å². The topological polar surface area (TPSA) is 46.2 Å². The number of sulfonamides is 1. The first kappa shape index (κ1) is 17.6. The predicted octanol–water partition coefficient (Wildman–Crippen LogP) is 4.22. The van der Waals surface area contributed by atoms with Gasteiger partial charge in [0, 0.05) is 6.04 Å². The van der Waals surface area contributed by atoms with Gasteiger partial charge in [0.15, 0.2) is 0 Å². The highest BCUT2D eigenvalue weighted by molar-refractivity contribution is 7.89. The summed E-state index contributed by atoms with van der Waals surface area (Å²) in [5, 5.41) is -0.516. The number of hydrogen-bond acceptors (Lipinski definition) is 2. The number of rotatable bonds is 3. The normalized spacial score (nSPS) is 23.5. The molecule has 1 saturated carbocycles. The zero-order valence-corrected chi connectivity index (χ0v) is 13.5. The maximum Gasteiger partial charge on any atom is 0.417 e. The van der Waals surface area contributed by atoms with Gasteiger partial charge in [0.05, 0.1) is 15.5 Å². The summed E-state index contributed by atoms with van der Waals surface area (Å²) < 4.78 is 65.5. The minimum Gasteiger partial charge on any atom is -0.208 e. The Hall–Kier alpha value is -0.790. The average molecular weight is 356 g/mol. The molecule has 1 aliphatic carbocycles. The van der Waals surface area contributed by atoms with Crippen molar-refractivity contribution in [1.82, 2.24) is 4.72 Å². The van der Waals surface area contributed by atoms with E-state index >= 15 is 0 Å². The summed E-state index contributed by atoms with van der Waals surface area (Å²) in [4.78, 5) is -0.414. The number of nitrogens with one attached hydrogen (secondary N) is 1. The molecule has 0 saturated heterocycles. The summed E-state index contributed by atoms with van der Waals surface area (Å²) >= 11 is 5.50. The van der Waals surface area contributed by atoms with Crippen LogP contribution in [0.4, 0.5) is 13.2 Å². The van der Waals surface area contributed by atoms with Gasteiger partial charge in [-0.2, -0.15) is 13.2 Å². The van der Waals surface area contributed by atoms with E-state index in [1.54, 1.807) is 0 Å². The Bertz CT molecular complexity index is 638. The largest absolute Gasteiger partial charge is 0.417 e. The highest BCUT2D eigenvalue weighted by Crippen LogP contribution is 2.36. The zero-order chi connectivity index (χ0) is 16.5. The Labute approximate surface area is 132 Å². The van der Waals surface area contributed by atoms with Crippen molar-refractivity contribution in [3.63, 3.8) is 0 Å². The van der Waals surface area contributed by atoms with Crippen LogP contribution in [-0.2, 0) is 16.2 Å². The van der Waals surface area contributed by atoms with E-state index in [1.165, 1.54) is 0 Å². The smallest absolute Gasteiger partial charge is 0.208 e. The highest BCUT2D eigenvalue weighted by Gasteiger charge is 2.35.